The zero-order chi connectivity index (χ0) is 26.6. The number of pyridine rings is 1. The third-order valence-corrected chi connectivity index (χ3v) is 6.17. The van der Waals surface area contributed by atoms with Gasteiger partial charge in [0.25, 0.3) is 0 Å². The lowest BCUT2D eigenvalue weighted by atomic mass is 9.99. The summed E-state index contributed by atoms with van der Waals surface area (Å²) in [5.41, 5.74) is 2.67. The molecule has 1 saturated heterocycles. The van der Waals surface area contributed by atoms with E-state index in [1.165, 1.54) is 0 Å². The third kappa shape index (κ3) is 6.91. The molecule has 4 rings (SSSR count). The topological polar surface area (TPSA) is 93.3 Å². The minimum Gasteiger partial charge on any atom is -0.352 e. The summed E-state index contributed by atoms with van der Waals surface area (Å²) in [4.78, 5) is 22.6. The van der Waals surface area contributed by atoms with Crippen LogP contribution in [0.3, 0.4) is 0 Å². The van der Waals surface area contributed by atoms with Crippen LogP contribution in [0, 0.1) is 17.4 Å². The zero-order valence-electron chi connectivity index (χ0n) is 22.3. The Hall–Kier alpha value is -4.25. The number of nitriles is 1. The maximum Gasteiger partial charge on any atom is 0.213 e. The van der Waals surface area contributed by atoms with Crippen molar-refractivity contribution in [1.29, 1.82) is 5.26 Å². The number of fused-ring (bicyclic) bond motifs is 1. The van der Waals surface area contributed by atoms with Crippen molar-refractivity contribution in [3.05, 3.63) is 72.8 Å². The van der Waals surface area contributed by atoms with Gasteiger partial charge in [-0.1, -0.05) is 44.2 Å². The molecule has 1 N–H and O–H groups in total. The summed E-state index contributed by atoms with van der Waals surface area (Å²) in [6.45, 7) is 12.6. The minimum atomic E-state index is 0.139. The molecule has 2 aromatic heterocycles. The third-order valence-electron chi connectivity index (χ3n) is 6.17. The van der Waals surface area contributed by atoms with Gasteiger partial charge in [-0.15, -0.1) is 0 Å². The molecule has 1 atom stereocenters. The molecule has 0 aliphatic carbocycles. The summed E-state index contributed by atoms with van der Waals surface area (Å²) in [6, 6.07) is 9.90. The number of aliphatic imine (C=N–C) groups is 1. The van der Waals surface area contributed by atoms with E-state index in [0.29, 0.717) is 18.4 Å². The van der Waals surface area contributed by atoms with Crippen LogP contribution < -0.4 is 10.2 Å². The molecule has 1 unspecified atom stereocenters. The van der Waals surface area contributed by atoms with Gasteiger partial charge < -0.3 is 9.80 Å². The van der Waals surface area contributed by atoms with Gasteiger partial charge in [-0.3, -0.25) is 10.3 Å². The number of aromatic nitrogens is 3. The quantitative estimate of drug-likeness (QED) is 0.166. The van der Waals surface area contributed by atoms with Crippen molar-refractivity contribution in [3.63, 3.8) is 0 Å². The van der Waals surface area contributed by atoms with Crippen LogP contribution >= 0.6 is 0 Å². The van der Waals surface area contributed by atoms with Crippen molar-refractivity contribution in [2.45, 2.75) is 40.7 Å². The molecule has 192 valence electrons. The first-order valence-corrected chi connectivity index (χ1v) is 12.6. The van der Waals surface area contributed by atoms with E-state index in [1.807, 2.05) is 81.6 Å². The highest BCUT2D eigenvalue weighted by atomic mass is 15.4. The number of benzene rings is 1. The van der Waals surface area contributed by atoms with Crippen molar-refractivity contribution < 1.29 is 0 Å². The number of rotatable bonds is 4. The van der Waals surface area contributed by atoms with Crippen molar-refractivity contribution in [2.24, 2.45) is 10.9 Å². The highest BCUT2D eigenvalue weighted by Crippen LogP contribution is 2.27. The van der Waals surface area contributed by atoms with Gasteiger partial charge in [0.1, 0.15) is 12.1 Å². The van der Waals surface area contributed by atoms with Gasteiger partial charge in [0.15, 0.2) is 6.19 Å². The second kappa shape index (κ2) is 13.7. The molecular weight excluding hydrogens is 460 g/mol. The molecular formula is C29H36N8. The SMILES string of the molecule is C/C=C/c1cncnc1N1CCN(C(=Nc2cccc3ncccc23)NC#N)C(C(C)C)C1.C/C=C\C. The maximum atomic E-state index is 9.49. The molecule has 0 amide bonds. The highest BCUT2D eigenvalue weighted by molar-refractivity contribution is 5.94. The van der Waals surface area contributed by atoms with Crippen molar-refractivity contribution >= 4 is 34.4 Å². The van der Waals surface area contributed by atoms with Crippen LogP contribution in [0.2, 0.25) is 0 Å². The average molecular weight is 497 g/mol. The molecule has 1 aliphatic rings. The number of hydrogen-bond donors (Lipinski definition) is 1. The Balaban J connectivity index is 0.000000886. The predicted molar refractivity (Wildman–Crippen MR) is 152 cm³/mol. The molecule has 3 heterocycles. The van der Waals surface area contributed by atoms with Crippen LogP contribution in [-0.2, 0) is 0 Å². The number of hydrogen-bond acceptors (Lipinski definition) is 6. The van der Waals surface area contributed by atoms with Gasteiger partial charge in [-0.05, 0) is 51.0 Å². The van der Waals surface area contributed by atoms with Gasteiger partial charge in [0, 0.05) is 43.0 Å². The normalized spacial score (nSPS) is 16.2. The summed E-state index contributed by atoms with van der Waals surface area (Å²) in [5.74, 6) is 1.82. The van der Waals surface area contributed by atoms with E-state index in [2.05, 4.69) is 50.1 Å². The minimum absolute atomic E-state index is 0.139. The summed E-state index contributed by atoms with van der Waals surface area (Å²) in [7, 11) is 0. The van der Waals surface area contributed by atoms with E-state index in [0.717, 1.165) is 41.1 Å². The van der Waals surface area contributed by atoms with E-state index in [9.17, 15) is 5.26 Å². The predicted octanol–water partition coefficient (Wildman–Crippen LogP) is 5.55. The second-order valence-corrected chi connectivity index (χ2v) is 8.94. The van der Waals surface area contributed by atoms with Gasteiger partial charge >= 0.3 is 0 Å². The van der Waals surface area contributed by atoms with Crippen molar-refractivity contribution in [1.82, 2.24) is 25.2 Å². The first-order chi connectivity index (χ1) is 18.0. The van der Waals surface area contributed by atoms with Gasteiger partial charge in [-0.2, -0.15) is 5.26 Å². The average Bonchev–Trinajstić information content (AvgIpc) is 2.93. The molecule has 0 bridgehead atoms. The Morgan fingerprint density at radius 2 is 1.92 bits per heavy atom. The fourth-order valence-corrected chi connectivity index (χ4v) is 4.24. The monoisotopic (exact) mass is 496 g/mol. The van der Waals surface area contributed by atoms with Crippen LogP contribution in [0.1, 0.15) is 40.2 Å². The van der Waals surface area contributed by atoms with Crippen LogP contribution in [0.15, 0.2) is 72.3 Å². The van der Waals surface area contributed by atoms with Crippen LogP contribution in [0.4, 0.5) is 11.5 Å². The molecule has 8 heteroatoms. The highest BCUT2D eigenvalue weighted by Gasteiger charge is 2.33. The number of nitrogens with zero attached hydrogens (tertiary/aromatic N) is 7. The molecule has 1 fully saturated rings. The fourth-order valence-electron chi connectivity index (χ4n) is 4.24. The number of guanidine groups is 1. The lowest BCUT2D eigenvalue weighted by Crippen LogP contribution is -2.59. The largest absolute Gasteiger partial charge is 0.352 e. The first kappa shape index (κ1) is 27.3. The van der Waals surface area contributed by atoms with Crippen LogP contribution in [0.25, 0.3) is 17.0 Å². The summed E-state index contributed by atoms with van der Waals surface area (Å²) < 4.78 is 0. The molecule has 3 aromatic rings. The van der Waals surface area contributed by atoms with Crippen LogP contribution in [-0.4, -0.2) is 51.5 Å². The summed E-state index contributed by atoms with van der Waals surface area (Å²) >= 11 is 0. The molecule has 1 aliphatic heterocycles. The van der Waals surface area contributed by atoms with Crippen molar-refractivity contribution in [2.75, 3.05) is 24.5 Å². The number of piperazine rings is 1. The standard InChI is InChI=1S/C25H28N8.C4H8/c1-4-7-19-14-27-17-30-24(19)32-12-13-33(23(15-32)18(2)3)25(29-16-26)31-22-10-5-9-21-20(22)8-6-11-28-21;1-3-4-2/h4-11,14,17-18,23H,12-13,15H2,1-3H3,(H,29,31);3-4H,1-2H3/b7-4+;4-3-. The van der Waals surface area contributed by atoms with Gasteiger partial charge in [0.2, 0.25) is 5.96 Å². The lowest BCUT2D eigenvalue weighted by molar-refractivity contribution is 0.220. The molecule has 8 nitrogen and oxygen atoms in total. The zero-order valence-corrected chi connectivity index (χ0v) is 22.3. The molecule has 37 heavy (non-hydrogen) atoms. The molecule has 0 spiro atoms. The molecule has 1 aromatic carbocycles. The van der Waals surface area contributed by atoms with E-state index in [1.54, 1.807) is 12.5 Å². The molecule has 0 saturated carbocycles. The Labute approximate surface area is 220 Å². The van der Waals surface area contributed by atoms with Crippen LogP contribution in [0.5, 0.6) is 0 Å². The molecule has 0 radical (unpaired) electrons. The Morgan fingerprint density at radius 1 is 1.11 bits per heavy atom. The first-order valence-electron chi connectivity index (χ1n) is 12.6. The number of allylic oxidation sites excluding steroid dienone is 3. The number of nitrogens with one attached hydrogen (secondary N) is 1. The summed E-state index contributed by atoms with van der Waals surface area (Å²) in [5, 5.41) is 13.3. The van der Waals surface area contributed by atoms with E-state index >= 15 is 0 Å². The maximum absolute atomic E-state index is 9.49. The van der Waals surface area contributed by atoms with Gasteiger partial charge in [-0.25, -0.2) is 15.0 Å². The summed E-state index contributed by atoms with van der Waals surface area (Å²) in [6.07, 6.45) is 15.3. The Kier molecular flexibility index (Phi) is 10.1. The van der Waals surface area contributed by atoms with E-state index in [-0.39, 0.29) is 6.04 Å². The van der Waals surface area contributed by atoms with E-state index in [4.69, 9.17) is 4.99 Å². The Morgan fingerprint density at radius 3 is 2.62 bits per heavy atom. The Bertz CT molecular complexity index is 1280. The lowest BCUT2D eigenvalue weighted by Gasteiger charge is -2.45. The van der Waals surface area contributed by atoms with Gasteiger partial charge in [0.05, 0.1) is 17.2 Å². The second-order valence-electron chi connectivity index (χ2n) is 8.94. The van der Waals surface area contributed by atoms with E-state index < -0.39 is 0 Å². The smallest absolute Gasteiger partial charge is 0.213 e. The van der Waals surface area contributed by atoms with Crippen molar-refractivity contribution in [3.8, 4) is 6.19 Å². The fraction of sp³-hybridized carbons (Fsp3) is 0.345. The number of anilines is 1.